The zero-order chi connectivity index (χ0) is 15.4. The van der Waals surface area contributed by atoms with Crippen molar-refractivity contribution >= 4 is 11.9 Å². The first kappa shape index (κ1) is 15.4. The van der Waals surface area contributed by atoms with Gasteiger partial charge in [0.25, 0.3) is 0 Å². The van der Waals surface area contributed by atoms with Crippen LogP contribution < -0.4 is 10.1 Å². The van der Waals surface area contributed by atoms with Crippen molar-refractivity contribution in [2.75, 3.05) is 7.11 Å². The lowest BCUT2D eigenvalue weighted by Gasteiger charge is -2.18. The summed E-state index contributed by atoms with van der Waals surface area (Å²) in [5, 5.41) is 11.9. The molecule has 0 unspecified atom stereocenters. The van der Waals surface area contributed by atoms with Crippen LogP contribution in [0.1, 0.15) is 37.8 Å². The Morgan fingerprint density at radius 2 is 2.05 bits per heavy atom. The topological polar surface area (TPSA) is 75.6 Å². The number of ether oxygens (including phenoxy) is 1. The van der Waals surface area contributed by atoms with Crippen LogP contribution in [0.2, 0.25) is 0 Å². The number of methoxy groups -OCH3 is 1. The van der Waals surface area contributed by atoms with Crippen molar-refractivity contribution in [1.29, 1.82) is 0 Å². The predicted molar refractivity (Wildman–Crippen MR) is 78.0 cm³/mol. The Bertz CT molecular complexity index is 529. The van der Waals surface area contributed by atoms with E-state index in [9.17, 15) is 9.59 Å². The first-order chi connectivity index (χ1) is 10.0. The molecule has 2 N–H and O–H groups in total. The molecular formula is C16H21NO4. The van der Waals surface area contributed by atoms with E-state index in [2.05, 4.69) is 5.32 Å². The molecule has 0 aliphatic heterocycles. The second-order valence-corrected chi connectivity index (χ2v) is 5.55. The molecule has 0 aromatic heterocycles. The lowest BCUT2D eigenvalue weighted by atomic mass is 10.0. The maximum absolute atomic E-state index is 12.2. The molecule has 0 radical (unpaired) electrons. The molecule has 0 saturated heterocycles. The molecule has 1 fully saturated rings. The van der Waals surface area contributed by atoms with E-state index < -0.39 is 5.97 Å². The third-order valence-corrected chi connectivity index (χ3v) is 4.11. The number of nitrogens with one attached hydrogen (secondary N) is 1. The Kier molecular flexibility index (Phi) is 4.83. The van der Waals surface area contributed by atoms with E-state index in [1.165, 1.54) is 0 Å². The van der Waals surface area contributed by atoms with E-state index in [4.69, 9.17) is 9.84 Å². The molecule has 1 saturated carbocycles. The molecule has 1 aliphatic carbocycles. The number of hydrogen-bond donors (Lipinski definition) is 2. The second kappa shape index (κ2) is 6.61. The zero-order valence-electron chi connectivity index (χ0n) is 12.3. The summed E-state index contributed by atoms with van der Waals surface area (Å²) in [6.07, 6.45) is 1.67. The van der Waals surface area contributed by atoms with E-state index in [-0.39, 0.29) is 23.8 Å². The fraction of sp³-hybridized carbons (Fsp3) is 0.500. The Hall–Kier alpha value is -2.04. The Morgan fingerprint density at radius 1 is 1.33 bits per heavy atom. The molecule has 1 amide bonds. The van der Waals surface area contributed by atoms with Crippen LogP contribution in [0.4, 0.5) is 0 Å². The molecule has 0 spiro atoms. The Morgan fingerprint density at radius 3 is 2.67 bits per heavy atom. The predicted octanol–water partition coefficient (Wildman–Crippen LogP) is 2.37. The van der Waals surface area contributed by atoms with E-state index >= 15 is 0 Å². The summed E-state index contributed by atoms with van der Waals surface area (Å²) in [6.45, 7) is 1.91. The smallest absolute Gasteiger partial charge is 0.306 e. The van der Waals surface area contributed by atoms with Gasteiger partial charge >= 0.3 is 5.97 Å². The maximum atomic E-state index is 12.2. The van der Waals surface area contributed by atoms with Crippen molar-refractivity contribution in [3.63, 3.8) is 0 Å². The maximum Gasteiger partial charge on any atom is 0.306 e. The third-order valence-electron chi connectivity index (χ3n) is 4.11. The van der Waals surface area contributed by atoms with Crippen LogP contribution in [0.3, 0.4) is 0 Å². The molecule has 2 rings (SSSR count). The van der Waals surface area contributed by atoms with Gasteiger partial charge in [-0.2, -0.15) is 0 Å². The molecule has 3 atom stereocenters. The van der Waals surface area contributed by atoms with Crippen LogP contribution in [0.5, 0.6) is 5.75 Å². The van der Waals surface area contributed by atoms with E-state index in [0.29, 0.717) is 19.3 Å². The highest BCUT2D eigenvalue weighted by molar-refractivity contribution is 5.81. The van der Waals surface area contributed by atoms with Gasteiger partial charge in [-0.15, -0.1) is 0 Å². The van der Waals surface area contributed by atoms with Gasteiger partial charge in [0, 0.05) is 5.92 Å². The Balaban J connectivity index is 1.94. The number of carboxylic acids is 1. The highest BCUT2D eigenvalue weighted by atomic mass is 16.5. The normalized spacial score (nSPS) is 22.6. The van der Waals surface area contributed by atoms with Crippen molar-refractivity contribution in [3.05, 3.63) is 29.8 Å². The van der Waals surface area contributed by atoms with Gasteiger partial charge in [-0.25, -0.2) is 0 Å². The highest BCUT2D eigenvalue weighted by Gasteiger charge is 2.34. The SMILES string of the molecule is COc1cccc([C@@H](C)NC(=O)[C@@H]2CC[C@H](C(=O)O)C2)c1. The standard InChI is InChI=1S/C16H21NO4/c1-10(11-4-3-5-14(9-11)21-2)17-15(18)12-6-7-13(8-12)16(19)20/h3-5,9-10,12-13H,6-8H2,1-2H3,(H,17,18)(H,19,20)/t10-,12-,13+/m1/s1. The molecule has 1 aliphatic rings. The van der Waals surface area contributed by atoms with Gasteiger partial charge in [-0.3, -0.25) is 9.59 Å². The quantitative estimate of drug-likeness (QED) is 0.873. The van der Waals surface area contributed by atoms with Gasteiger partial charge in [0.05, 0.1) is 19.1 Å². The number of aliphatic carboxylic acids is 1. The number of hydrogen-bond acceptors (Lipinski definition) is 3. The first-order valence-corrected chi connectivity index (χ1v) is 7.18. The van der Waals surface area contributed by atoms with E-state index in [1.54, 1.807) is 7.11 Å². The zero-order valence-corrected chi connectivity index (χ0v) is 12.3. The number of amides is 1. The van der Waals surface area contributed by atoms with E-state index in [0.717, 1.165) is 11.3 Å². The lowest BCUT2D eigenvalue weighted by molar-refractivity contribution is -0.141. The van der Waals surface area contributed by atoms with Gasteiger partial charge < -0.3 is 15.2 Å². The molecule has 21 heavy (non-hydrogen) atoms. The van der Waals surface area contributed by atoms with Gasteiger partial charge in [-0.1, -0.05) is 12.1 Å². The highest BCUT2D eigenvalue weighted by Crippen LogP contribution is 2.31. The minimum atomic E-state index is -0.800. The summed E-state index contributed by atoms with van der Waals surface area (Å²) < 4.78 is 5.17. The average Bonchev–Trinajstić information content (AvgIpc) is 2.97. The number of benzene rings is 1. The van der Waals surface area contributed by atoms with Gasteiger partial charge in [0.1, 0.15) is 5.75 Å². The minimum Gasteiger partial charge on any atom is -0.497 e. The summed E-state index contributed by atoms with van der Waals surface area (Å²) in [5.74, 6) is -0.687. The fourth-order valence-electron chi connectivity index (χ4n) is 2.77. The lowest BCUT2D eigenvalue weighted by Crippen LogP contribution is -2.32. The third kappa shape index (κ3) is 3.74. The summed E-state index contributed by atoms with van der Waals surface area (Å²) >= 11 is 0. The largest absolute Gasteiger partial charge is 0.497 e. The van der Waals surface area contributed by atoms with Crippen LogP contribution in [-0.2, 0) is 9.59 Å². The van der Waals surface area contributed by atoms with Crippen LogP contribution in [0, 0.1) is 11.8 Å². The number of rotatable bonds is 5. The van der Waals surface area contributed by atoms with Crippen molar-refractivity contribution in [1.82, 2.24) is 5.32 Å². The monoisotopic (exact) mass is 291 g/mol. The van der Waals surface area contributed by atoms with Crippen molar-refractivity contribution in [2.45, 2.75) is 32.2 Å². The number of carboxylic acid groups (broad SMARTS) is 1. The van der Waals surface area contributed by atoms with Gasteiger partial charge in [0.15, 0.2) is 0 Å². The summed E-state index contributed by atoms with van der Waals surface area (Å²) in [7, 11) is 1.60. The average molecular weight is 291 g/mol. The molecular weight excluding hydrogens is 270 g/mol. The first-order valence-electron chi connectivity index (χ1n) is 7.18. The summed E-state index contributed by atoms with van der Waals surface area (Å²) in [5.41, 5.74) is 0.968. The van der Waals surface area contributed by atoms with Gasteiger partial charge in [-0.05, 0) is 43.9 Å². The van der Waals surface area contributed by atoms with Crippen LogP contribution in [0.25, 0.3) is 0 Å². The summed E-state index contributed by atoms with van der Waals surface area (Å²) in [4.78, 5) is 23.2. The van der Waals surface area contributed by atoms with Crippen LogP contribution in [0.15, 0.2) is 24.3 Å². The Labute approximate surface area is 124 Å². The molecule has 1 aromatic carbocycles. The molecule has 1 aromatic rings. The molecule has 0 heterocycles. The fourth-order valence-corrected chi connectivity index (χ4v) is 2.77. The van der Waals surface area contributed by atoms with Crippen molar-refractivity contribution in [3.8, 4) is 5.75 Å². The molecule has 5 heteroatoms. The van der Waals surface area contributed by atoms with Crippen molar-refractivity contribution in [2.24, 2.45) is 11.8 Å². The summed E-state index contributed by atoms with van der Waals surface area (Å²) in [6, 6.07) is 7.43. The molecule has 0 bridgehead atoms. The minimum absolute atomic E-state index is 0.0610. The molecule has 5 nitrogen and oxygen atoms in total. The number of carbonyl (C=O) groups is 2. The van der Waals surface area contributed by atoms with E-state index in [1.807, 2.05) is 31.2 Å². The molecule has 114 valence electrons. The van der Waals surface area contributed by atoms with Crippen LogP contribution in [-0.4, -0.2) is 24.1 Å². The van der Waals surface area contributed by atoms with Gasteiger partial charge in [0.2, 0.25) is 5.91 Å². The number of carbonyl (C=O) groups excluding carboxylic acids is 1. The van der Waals surface area contributed by atoms with Crippen LogP contribution >= 0.6 is 0 Å². The second-order valence-electron chi connectivity index (χ2n) is 5.55. The van der Waals surface area contributed by atoms with Crippen molar-refractivity contribution < 1.29 is 19.4 Å².